The molecule has 1 aromatic heterocycles. The second kappa shape index (κ2) is 6.90. The molecule has 0 aliphatic heterocycles. The van der Waals surface area contributed by atoms with Crippen molar-refractivity contribution in [2.45, 2.75) is 6.92 Å². The first-order chi connectivity index (χ1) is 10.0. The number of amides is 1. The predicted octanol–water partition coefficient (Wildman–Crippen LogP) is 5.02. The summed E-state index contributed by atoms with van der Waals surface area (Å²) in [5, 5.41) is 12.4. The van der Waals surface area contributed by atoms with E-state index in [4.69, 9.17) is 16.9 Å². The van der Waals surface area contributed by atoms with E-state index >= 15 is 0 Å². The predicted molar refractivity (Wildman–Crippen MR) is 90.4 cm³/mol. The Balaban J connectivity index is 2.24. The number of nitrogens with zero attached hydrogens (tertiary/aromatic N) is 1. The lowest BCUT2D eigenvalue weighted by molar-refractivity contribution is -0.112. The fraction of sp³-hybridized carbons (Fsp3) is 0.0667. The van der Waals surface area contributed by atoms with Crippen LogP contribution in [-0.2, 0) is 4.79 Å². The van der Waals surface area contributed by atoms with E-state index in [0.717, 1.165) is 14.2 Å². The Bertz CT molecular complexity index is 761. The van der Waals surface area contributed by atoms with Gasteiger partial charge in [-0.25, -0.2) is 0 Å². The maximum Gasteiger partial charge on any atom is 0.266 e. The van der Waals surface area contributed by atoms with Crippen LogP contribution in [0.5, 0.6) is 0 Å². The molecule has 1 amide bonds. The number of nitriles is 1. The first-order valence-electron chi connectivity index (χ1n) is 5.95. The summed E-state index contributed by atoms with van der Waals surface area (Å²) in [6.45, 7) is 1.81. The number of carbonyl (C=O) groups excluding carboxylic acids is 1. The van der Waals surface area contributed by atoms with Gasteiger partial charge in [0.2, 0.25) is 0 Å². The molecule has 0 saturated carbocycles. The van der Waals surface area contributed by atoms with Crippen molar-refractivity contribution in [3.63, 3.8) is 0 Å². The van der Waals surface area contributed by atoms with Crippen molar-refractivity contribution in [1.29, 1.82) is 5.26 Å². The van der Waals surface area contributed by atoms with Crippen molar-refractivity contribution in [1.82, 2.24) is 0 Å². The molecule has 0 radical (unpaired) electrons. The van der Waals surface area contributed by atoms with Gasteiger partial charge in [0.05, 0.1) is 3.79 Å². The second-order valence-electron chi connectivity index (χ2n) is 4.18. The minimum absolute atomic E-state index is 0.0451. The fourth-order valence-electron chi connectivity index (χ4n) is 1.63. The number of rotatable bonds is 3. The minimum Gasteiger partial charge on any atom is -0.321 e. The quantitative estimate of drug-likeness (QED) is 0.599. The zero-order valence-corrected chi connectivity index (χ0v) is 14.1. The minimum atomic E-state index is -0.451. The third-order valence-electron chi connectivity index (χ3n) is 2.76. The van der Waals surface area contributed by atoms with E-state index in [-0.39, 0.29) is 5.57 Å². The van der Waals surface area contributed by atoms with Gasteiger partial charge < -0.3 is 5.32 Å². The highest BCUT2D eigenvalue weighted by molar-refractivity contribution is 9.11. The summed E-state index contributed by atoms with van der Waals surface area (Å²) < 4.78 is 0.942. The van der Waals surface area contributed by atoms with Gasteiger partial charge >= 0.3 is 0 Å². The van der Waals surface area contributed by atoms with Gasteiger partial charge in [-0.3, -0.25) is 4.79 Å². The van der Waals surface area contributed by atoms with Crippen molar-refractivity contribution in [2.75, 3.05) is 5.32 Å². The Labute approximate surface area is 140 Å². The standard InChI is InChI=1S/C15H10BrClN2OS/c1-9-12(17)3-2-4-13(9)19-15(20)10(8-18)7-11-5-6-14(16)21-11/h2-7H,1H3,(H,19,20)/b10-7-. The van der Waals surface area contributed by atoms with Crippen molar-refractivity contribution in [2.24, 2.45) is 0 Å². The number of thiophene rings is 1. The average Bonchev–Trinajstić information content (AvgIpc) is 2.86. The molecule has 2 rings (SSSR count). The number of benzene rings is 1. The topological polar surface area (TPSA) is 52.9 Å². The largest absolute Gasteiger partial charge is 0.321 e. The van der Waals surface area contributed by atoms with Crippen LogP contribution >= 0.6 is 38.9 Å². The lowest BCUT2D eigenvalue weighted by atomic mass is 10.1. The van der Waals surface area contributed by atoms with Crippen LogP contribution in [0.4, 0.5) is 5.69 Å². The molecule has 1 heterocycles. The number of halogens is 2. The molecular formula is C15H10BrClN2OS. The van der Waals surface area contributed by atoms with E-state index in [9.17, 15) is 4.79 Å². The van der Waals surface area contributed by atoms with Gasteiger partial charge in [0, 0.05) is 15.6 Å². The molecule has 3 nitrogen and oxygen atoms in total. The monoisotopic (exact) mass is 380 g/mol. The molecule has 106 valence electrons. The molecule has 0 fully saturated rings. The SMILES string of the molecule is Cc1c(Cl)cccc1NC(=O)/C(C#N)=C\c1ccc(Br)s1. The van der Waals surface area contributed by atoms with Crippen molar-refractivity contribution in [3.8, 4) is 6.07 Å². The molecule has 0 saturated heterocycles. The highest BCUT2D eigenvalue weighted by Gasteiger charge is 2.12. The Morgan fingerprint density at radius 3 is 2.81 bits per heavy atom. The molecule has 0 unspecified atom stereocenters. The number of nitrogens with one attached hydrogen (secondary N) is 1. The Hall–Kier alpha value is -1.61. The van der Waals surface area contributed by atoms with Crippen molar-refractivity contribution >= 4 is 56.5 Å². The zero-order chi connectivity index (χ0) is 15.4. The van der Waals surface area contributed by atoms with E-state index in [1.807, 2.05) is 25.1 Å². The van der Waals surface area contributed by atoms with Crippen LogP contribution in [0, 0.1) is 18.3 Å². The van der Waals surface area contributed by atoms with Gasteiger partial charge in [-0.15, -0.1) is 11.3 Å². The summed E-state index contributed by atoms with van der Waals surface area (Å²) in [5.74, 6) is -0.451. The Morgan fingerprint density at radius 2 is 2.19 bits per heavy atom. The lowest BCUT2D eigenvalue weighted by Gasteiger charge is -2.08. The molecule has 0 aliphatic carbocycles. The van der Waals surface area contributed by atoms with E-state index in [1.54, 1.807) is 24.3 Å². The molecule has 0 atom stereocenters. The number of hydrogen-bond acceptors (Lipinski definition) is 3. The summed E-state index contributed by atoms with van der Waals surface area (Å²) in [6, 6.07) is 10.9. The number of hydrogen-bond donors (Lipinski definition) is 1. The van der Waals surface area contributed by atoms with Gasteiger partial charge in [-0.05, 0) is 58.8 Å². The van der Waals surface area contributed by atoms with Crippen LogP contribution in [0.15, 0.2) is 39.7 Å². The van der Waals surface area contributed by atoms with E-state index in [2.05, 4.69) is 21.2 Å². The summed E-state index contributed by atoms with van der Waals surface area (Å²) in [4.78, 5) is 13.0. The average molecular weight is 382 g/mol. The van der Waals surface area contributed by atoms with Crippen molar-refractivity contribution in [3.05, 3.63) is 55.2 Å². The lowest BCUT2D eigenvalue weighted by Crippen LogP contribution is -2.14. The van der Waals surface area contributed by atoms with E-state index < -0.39 is 5.91 Å². The first-order valence-corrected chi connectivity index (χ1v) is 7.93. The molecule has 0 bridgehead atoms. The molecule has 1 aromatic carbocycles. The molecular weight excluding hydrogens is 372 g/mol. The Kier molecular flexibility index (Phi) is 5.18. The maximum absolute atomic E-state index is 12.2. The second-order valence-corrected chi connectivity index (χ2v) is 7.08. The molecule has 0 spiro atoms. The van der Waals surface area contributed by atoms with Crippen LogP contribution < -0.4 is 5.32 Å². The highest BCUT2D eigenvalue weighted by Crippen LogP contribution is 2.25. The van der Waals surface area contributed by atoms with E-state index in [0.29, 0.717) is 10.7 Å². The summed E-state index contributed by atoms with van der Waals surface area (Å²) in [6.07, 6.45) is 1.56. The third kappa shape index (κ3) is 3.94. The molecule has 1 N–H and O–H groups in total. The fourth-order valence-corrected chi connectivity index (χ4v) is 3.17. The van der Waals surface area contributed by atoms with Gasteiger partial charge in [0.1, 0.15) is 11.6 Å². The van der Waals surface area contributed by atoms with Crippen LogP contribution in [-0.4, -0.2) is 5.91 Å². The first kappa shape index (κ1) is 15.8. The van der Waals surface area contributed by atoms with Crippen LogP contribution in [0.1, 0.15) is 10.4 Å². The van der Waals surface area contributed by atoms with Crippen LogP contribution in [0.2, 0.25) is 5.02 Å². The number of carbonyl (C=O) groups is 1. The molecule has 2 aromatic rings. The number of anilines is 1. The smallest absolute Gasteiger partial charge is 0.266 e. The third-order valence-corrected chi connectivity index (χ3v) is 4.74. The van der Waals surface area contributed by atoms with Gasteiger partial charge in [0.15, 0.2) is 0 Å². The van der Waals surface area contributed by atoms with Crippen LogP contribution in [0.25, 0.3) is 6.08 Å². The molecule has 0 aliphatic rings. The summed E-state index contributed by atoms with van der Waals surface area (Å²) >= 11 is 10.8. The molecule has 6 heteroatoms. The van der Waals surface area contributed by atoms with Gasteiger partial charge in [-0.1, -0.05) is 17.7 Å². The summed E-state index contributed by atoms with van der Waals surface area (Å²) in [5.41, 5.74) is 1.41. The Morgan fingerprint density at radius 1 is 1.43 bits per heavy atom. The zero-order valence-electron chi connectivity index (χ0n) is 11.0. The van der Waals surface area contributed by atoms with E-state index in [1.165, 1.54) is 11.3 Å². The van der Waals surface area contributed by atoms with Crippen LogP contribution in [0.3, 0.4) is 0 Å². The van der Waals surface area contributed by atoms with Crippen molar-refractivity contribution < 1.29 is 4.79 Å². The normalized spacial score (nSPS) is 11.0. The van der Waals surface area contributed by atoms with Gasteiger partial charge in [0.25, 0.3) is 5.91 Å². The molecule has 21 heavy (non-hydrogen) atoms. The maximum atomic E-state index is 12.2. The highest BCUT2D eigenvalue weighted by atomic mass is 79.9. The van der Waals surface area contributed by atoms with Gasteiger partial charge in [-0.2, -0.15) is 5.26 Å². The summed E-state index contributed by atoms with van der Waals surface area (Å²) in [7, 11) is 0.